The summed E-state index contributed by atoms with van der Waals surface area (Å²) >= 11 is 0. The fraction of sp³-hybridized carbons (Fsp3) is 0.346. The standard InChI is InChI=1S/C26H31NO3/c1-18(2)23-12-7-20(4)17-25(23)30-16-15-27-22(11-14-26(28)29)10-13-24(27)21-8-5-19(3)6-9-21/h5-10,12-13,17-18H,11,14-16H2,1-4H3,(H,28,29). The van der Waals surface area contributed by atoms with Gasteiger partial charge in [-0.1, -0.05) is 55.8 Å². The van der Waals surface area contributed by atoms with E-state index < -0.39 is 5.97 Å². The van der Waals surface area contributed by atoms with Gasteiger partial charge >= 0.3 is 5.97 Å². The molecule has 1 N–H and O–H groups in total. The Morgan fingerprint density at radius 3 is 2.37 bits per heavy atom. The zero-order valence-electron chi connectivity index (χ0n) is 18.3. The average Bonchev–Trinajstić information content (AvgIpc) is 3.09. The highest BCUT2D eigenvalue weighted by atomic mass is 16.5. The van der Waals surface area contributed by atoms with E-state index in [1.165, 1.54) is 16.7 Å². The molecular formula is C26H31NO3. The quantitative estimate of drug-likeness (QED) is 0.476. The molecule has 0 amide bonds. The van der Waals surface area contributed by atoms with Gasteiger partial charge in [0.2, 0.25) is 0 Å². The van der Waals surface area contributed by atoms with Gasteiger partial charge in [0.1, 0.15) is 12.4 Å². The minimum absolute atomic E-state index is 0.119. The van der Waals surface area contributed by atoms with Crippen molar-refractivity contribution in [3.63, 3.8) is 0 Å². The Labute approximate surface area is 179 Å². The van der Waals surface area contributed by atoms with Crippen LogP contribution in [0.2, 0.25) is 0 Å². The zero-order chi connectivity index (χ0) is 21.7. The molecule has 2 aromatic carbocycles. The second kappa shape index (κ2) is 9.66. The SMILES string of the molecule is Cc1ccc(-c2ccc(CCC(=O)O)n2CCOc2cc(C)ccc2C(C)C)cc1. The summed E-state index contributed by atoms with van der Waals surface area (Å²) in [6, 6.07) is 18.9. The summed E-state index contributed by atoms with van der Waals surface area (Å²) < 4.78 is 8.40. The first kappa shape index (κ1) is 21.7. The van der Waals surface area contributed by atoms with Gasteiger partial charge in [-0.15, -0.1) is 0 Å². The van der Waals surface area contributed by atoms with E-state index in [0.717, 1.165) is 22.7 Å². The number of rotatable bonds is 9. The Kier molecular flexibility index (Phi) is 6.99. The predicted molar refractivity (Wildman–Crippen MR) is 121 cm³/mol. The van der Waals surface area contributed by atoms with Crippen LogP contribution in [0.5, 0.6) is 5.75 Å². The summed E-state index contributed by atoms with van der Waals surface area (Å²) in [7, 11) is 0. The molecule has 3 aromatic rings. The van der Waals surface area contributed by atoms with Gasteiger partial charge in [-0.05, 0) is 61.1 Å². The van der Waals surface area contributed by atoms with Gasteiger partial charge in [-0.25, -0.2) is 0 Å². The minimum atomic E-state index is -0.780. The largest absolute Gasteiger partial charge is 0.491 e. The van der Waals surface area contributed by atoms with Crippen molar-refractivity contribution in [1.82, 2.24) is 4.57 Å². The molecule has 30 heavy (non-hydrogen) atoms. The van der Waals surface area contributed by atoms with Crippen LogP contribution in [-0.2, 0) is 17.8 Å². The van der Waals surface area contributed by atoms with Crippen molar-refractivity contribution in [2.45, 2.75) is 53.0 Å². The van der Waals surface area contributed by atoms with Gasteiger partial charge in [0.05, 0.1) is 13.0 Å². The van der Waals surface area contributed by atoms with Crippen LogP contribution < -0.4 is 4.74 Å². The lowest BCUT2D eigenvalue weighted by atomic mass is 10.0. The lowest BCUT2D eigenvalue weighted by molar-refractivity contribution is -0.136. The maximum Gasteiger partial charge on any atom is 0.303 e. The van der Waals surface area contributed by atoms with Crippen molar-refractivity contribution in [2.24, 2.45) is 0 Å². The molecule has 1 heterocycles. The van der Waals surface area contributed by atoms with Gasteiger partial charge in [0.25, 0.3) is 0 Å². The molecule has 0 bridgehead atoms. The van der Waals surface area contributed by atoms with E-state index in [9.17, 15) is 4.79 Å². The van der Waals surface area contributed by atoms with Crippen LogP contribution in [0.4, 0.5) is 0 Å². The number of aliphatic carboxylic acids is 1. The Morgan fingerprint density at radius 2 is 1.70 bits per heavy atom. The first-order valence-corrected chi connectivity index (χ1v) is 10.6. The molecular weight excluding hydrogens is 374 g/mol. The van der Waals surface area contributed by atoms with E-state index in [4.69, 9.17) is 9.84 Å². The number of carboxylic acids is 1. The Morgan fingerprint density at radius 1 is 1.00 bits per heavy atom. The molecule has 0 radical (unpaired) electrons. The maximum absolute atomic E-state index is 11.1. The molecule has 4 heteroatoms. The number of aromatic nitrogens is 1. The Balaban J connectivity index is 1.83. The summed E-state index contributed by atoms with van der Waals surface area (Å²) in [5, 5.41) is 9.12. The van der Waals surface area contributed by atoms with Crippen LogP contribution in [0.3, 0.4) is 0 Å². The third kappa shape index (κ3) is 5.32. The second-order valence-electron chi connectivity index (χ2n) is 8.17. The molecule has 0 saturated carbocycles. The van der Waals surface area contributed by atoms with Gasteiger partial charge in [-0.3, -0.25) is 4.79 Å². The first-order valence-electron chi connectivity index (χ1n) is 10.6. The molecule has 0 atom stereocenters. The van der Waals surface area contributed by atoms with Crippen molar-refractivity contribution in [3.8, 4) is 17.0 Å². The topological polar surface area (TPSA) is 51.5 Å². The van der Waals surface area contributed by atoms with Crippen molar-refractivity contribution in [3.05, 3.63) is 77.0 Å². The van der Waals surface area contributed by atoms with Gasteiger partial charge in [0, 0.05) is 11.4 Å². The molecule has 158 valence electrons. The van der Waals surface area contributed by atoms with Crippen LogP contribution in [0.1, 0.15) is 48.6 Å². The first-order chi connectivity index (χ1) is 14.3. The van der Waals surface area contributed by atoms with E-state index in [2.05, 4.69) is 80.8 Å². The molecule has 3 rings (SSSR count). The van der Waals surface area contributed by atoms with Crippen molar-refractivity contribution in [2.75, 3.05) is 6.61 Å². The van der Waals surface area contributed by atoms with Crippen molar-refractivity contribution in [1.29, 1.82) is 0 Å². The Hall–Kier alpha value is -3.01. The average molecular weight is 406 g/mol. The highest BCUT2D eigenvalue weighted by molar-refractivity contribution is 5.67. The van der Waals surface area contributed by atoms with E-state index in [1.807, 2.05) is 6.07 Å². The third-order valence-corrected chi connectivity index (χ3v) is 5.38. The van der Waals surface area contributed by atoms with Crippen LogP contribution in [0.15, 0.2) is 54.6 Å². The molecule has 0 saturated heterocycles. The molecule has 4 nitrogen and oxygen atoms in total. The summed E-state index contributed by atoms with van der Waals surface area (Å²) in [4.78, 5) is 11.1. The van der Waals surface area contributed by atoms with Gasteiger partial charge in [-0.2, -0.15) is 0 Å². The number of carboxylic acid groups (broad SMARTS) is 1. The fourth-order valence-electron chi connectivity index (χ4n) is 3.69. The van der Waals surface area contributed by atoms with Crippen LogP contribution >= 0.6 is 0 Å². The van der Waals surface area contributed by atoms with E-state index >= 15 is 0 Å². The summed E-state index contributed by atoms with van der Waals surface area (Å²) in [6.07, 6.45) is 0.621. The van der Waals surface area contributed by atoms with Gasteiger partial charge in [0.15, 0.2) is 0 Å². The molecule has 0 spiro atoms. The minimum Gasteiger partial charge on any atom is -0.491 e. The van der Waals surface area contributed by atoms with Crippen molar-refractivity contribution < 1.29 is 14.6 Å². The highest BCUT2D eigenvalue weighted by Crippen LogP contribution is 2.28. The summed E-state index contributed by atoms with van der Waals surface area (Å²) in [5.41, 5.74) is 6.83. The fourth-order valence-corrected chi connectivity index (χ4v) is 3.69. The maximum atomic E-state index is 11.1. The number of carbonyl (C=O) groups is 1. The van der Waals surface area contributed by atoms with Gasteiger partial charge < -0.3 is 14.4 Å². The van der Waals surface area contributed by atoms with E-state index in [1.54, 1.807) is 0 Å². The smallest absolute Gasteiger partial charge is 0.303 e. The van der Waals surface area contributed by atoms with Crippen LogP contribution in [-0.4, -0.2) is 22.2 Å². The van der Waals surface area contributed by atoms with Crippen LogP contribution in [0, 0.1) is 13.8 Å². The lowest BCUT2D eigenvalue weighted by Gasteiger charge is -2.17. The Bertz CT molecular complexity index is 1000. The van der Waals surface area contributed by atoms with E-state index in [-0.39, 0.29) is 6.42 Å². The number of ether oxygens (including phenoxy) is 1. The number of hydrogen-bond donors (Lipinski definition) is 1. The predicted octanol–water partition coefficient (Wildman–Crippen LogP) is 5.99. The molecule has 0 unspecified atom stereocenters. The highest BCUT2D eigenvalue weighted by Gasteiger charge is 2.13. The second-order valence-corrected chi connectivity index (χ2v) is 8.17. The normalized spacial score (nSPS) is 11.1. The zero-order valence-corrected chi connectivity index (χ0v) is 18.3. The number of benzene rings is 2. The molecule has 0 aliphatic heterocycles. The number of aryl methyl sites for hydroxylation is 3. The van der Waals surface area contributed by atoms with Crippen LogP contribution in [0.25, 0.3) is 11.3 Å². The molecule has 0 fully saturated rings. The summed E-state index contributed by atoms with van der Waals surface area (Å²) in [5.74, 6) is 0.541. The third-order valence-electron chi connectivity index (χ3n) is 5.38. The lowest BCUT2D eigenvalue weighted by Crippen LogP contribution is -2.13. The molecule has 1 aromatic heterocycles. The van der Waals surface area contributed by atoms with E-state index in [0.29, 0.717) is 25.5 Å². The molecule has 0 aliphatic rings. The number of hydrogen-bond acceptors (Lipinski definition) is 2. The molecule has 0 aliphatic carbocycles. The monoisotopic (exact) mass is 405 g/mol. The summed E-state index contributed by atoms with van der Waals surface area (Å²) in [6.45, 7) is 9.67. The number of nitrogens with zero attached hydrogens (tertiary/aromatic N) is 1. The van der Waals surface area contributed by atoms with Crippen molar-refractivity contribution >= 4 is 5.97 Å².